The monoisotopic (exact) mass is 272 g/mol. The summed E-state index contributed by atoms with van der Waals surface area (Å²) in [6.45, 7) is 6.90. The van der Waals surface area contributed by atoms with E-state index in [1.54, 1.807) is 0 Å². The van der Waals surface area contributed by atoms with Gasteiger partial charge in [-0.2, -0.15) is 0 Å². The molecule has 0 aliphatic heterocycles. The van der Waals surface area contributed by atoms with Gasteiger partial charge < -0.3 is 5.32 Å². The molecule has 0 radical (unpaired) electrons. The average Bonchev–Trinajstić information content (AvgIpc) is 3.24. The number of nitrogens with one attached hydrogen (secondary N) is 1. The van der Waals surface area contributed by atoms with Crippen molar-refractivity contribution in [3.05, 3.63) is 35.4 Å². The lowest BCUT2D eigenvalue weighted by molar-refractivity contribution is 0.178. The van der Waals surface area contributed by atoms with Crippen molar-refractivity contribution in [2.75, 3.05) is 13.1 Å². The van der Waals surface area contributed by atoms with Crippen LogP contribution in [0.5, 0.6) is 0 Å². The molecule has 0 heterocycles. The smallest absolute Gasteiger partial charge is 0.0233 e. The van der Waals surface area contributed by atoms with E-state index in [2.05, 4.69) is 41.4 Å². The van der Waals surface area contributed by atoms with Crippen molar-refractivity contribution < 1.29 is 0 Å². The number of rotatable bonds is 8. The molecule has 0 aromatic heterocycles. The van der Waals surface area contributed by atoms with E-state index in [1.807, 2.05) is 0 Å². The fourth-order valence-electron chi connectivity index (χ4n) is 2.99. The van der Waals surface area contributed by atoms with Crippen LogP contribution in [0.1, 0.15) is 50.2 Å². The van der Waals surface area contributed by atoms with Gasteiger partial charge in [-0.1, -0.05) is 37.6 Å². The molecule has 0 amide bonds. The molecule has 110 valence electrons. The van der Waals surface area contributed by atoms with Crippen molar-refractivity contribution in [2.45, 2.75) is 58.2 Å². The fraction of sp³-hybridized carbons (Fsp3) is 0.667. The summed E-state index contributed by atoms with van der Waals surface area (Å²) in [6, 6.07) is 9.94. The highest BCUT2D eigenvalue weighted by Gasteiger charge is 2.21. The molecule has 2 aliphatic carbocycles. The molecule has 2 saturated carbocycles. The number of benzene rings is 1. The van der Waals surface area contributed by atoms with E-state index in [9.17, 15) is 0 Å². The zero-order valence-corrected chi connectivity index (χ0v) is 12.8. The molecule has 20 heavy (non-hydrogen) atoms. The van der Waals surface area contributed by atoms with E-state index >= 15 is 0 Å². The Balaban J connectivity index is 1.52. The maximum absolute atomic E-state index is 3.60. The summed E-state index contributed by atoms with van der Waals surface area (Å²) in [5.41, 5.74) is 2.91. The van der Waals surface area contributed by atoms with Gasteiger partial charge in [0.05, 0.1) is 0 Å². The van der Waals surface area contributed by atoms with Crippen LogP contribution < -0.4 is 5.32 Å². The van der Waals surface area contributed by atoms with Crippen LogP contribution in [0.2, 0.25) is 0 Å². The predicted molar refractivity (Wildman–Crippen MR) is 84.6 cm³/mol. The van der Waals surface area contributed by atoms with Crippen molar-refractivity contribution in [2.24, 2.45) is 5.92 Å². The lowest BCUT2D eigenvalue weighted by Gasteiger charge is -2.31. The van der Waals surface area contributed by atoms with Crippen molar-refractivity contribution in [3.8, 4) is 0 Å². The molecule has 0 atom stereocenters. The fourth-order valence-corrected chi connectivity index (χ4v) is 2.99. The highest BCUT2D eigenvalue weighted by Crippen LogP contribution is 2.27. The first-order valence-corrected chi connectivity index (χ1v) is 8.37. The van der Waals surface area contributed by atoms with Crippen LogP contribution in [-0.2, 0) is 13.1 Å². The van der Waals surface area contributed by atoms with Gasteiger partial charge >= 0.3 is 0 Å². The van der Waals surface area contributed by atoms with Crippen molar-refractivity contribution in [1.29, 1.82) is 0 Å². The largest absolute Gasteiger partial charge is 0.310 e. The topological polar surface area (TPSA) is 15.3 Å². The Bertz CT molecular complexity index is 421. The first-order valence-electron chi connectivity index (χ1n) is 8.37. The summed E-state index contributed by atoms with van der Waals surface area (Å²) in [5.74, 6) is 0.967. The SMILES string of the molecule is CCN(Cc1cccc(CNC2CC2)c1)CC1CCC1. The molecule has 3 rings (SSSR count). The minimum atomic E-state index is 0.796. The first kappa shape index (κ1) is 14.1. The summed E-state index contributed by atoms with van der Waals surface area (Å²) < 4.78 is 0. The third-order valence-corrected chi connectivity index (χ3v) is 4.76. The molecule has 0 saturated heterocycles. The Morgan fingerprint density at radius 3 is 2.60 bits per heavy atom. The van der Waals surface area contributed by atoms with Crippen LogP contribution in [0.15, 0.2) is 24.3 Å². The zero-order valence-electron chi connectivity index (χ0n) is 12.8. The normalized spacial score (nSPS) is 19.3. The van der Waals surface area contributed by atoms with E-state index in [0.717, 1.165) is 25.0 Å². The molecule has 2 nitrogen and oxygen atoms in total. The van der Waals surface area contributed by atoms with Crippen LogP contribution in [0.3, 0.4) is 0 Å². The van der Waals surface area contributed by atoms with Gasteiger partial charge in [-0.25, -0.2) is 0 Å². The molecule has 0 bridgehead atoms. The van der Waals surface area contributed by atoms with Gasteiger partial charge in [0.1, 0.15) is 0 Å². The molecule has 0 unspecified atom stereocenters. The van der Waals surface area contributed by atoms with Crippen molar-refractivity contribution in [1.82, 2.24) is 10.2 Å². The van der Waals surface area contributed by atoms with Crippen molar-refractivity contribution >= 4 is 0 Å². The summed E-state index contributed by atoms with van der Waals surface area (Å²) >= 11 is 0. The molecule has 1 aromatic carbocycles. The third kappa shape index (κ3) is 4.07. The molecule has 2 aliphatic rings. The van der Waals surface area contributed by atoms with Crippen LogP contribution >= 0.6 is 0 Å². The highest BCUT2D eigenvalue weighted by molar-refractivity contribution is 5.23. The standard InChI is InChI=1S/C18H28N2/c1-2-20(13-15-5-3-6-15)14-17-8-4-7-16(11-17)12-19-18-9-10-18/h4,7-8,11,15,18-19H,2-3,5-6,9-10,12-14H2,1H3. The Kier molecular flexibility index (Phi) is 4.74. The van der Waals surface area contributed by atoms with E-state index in [0.29, 0.717) is 0 Å². The molecule has 0 spiro atoms. The van der Waals surface area contributed by atoms with E-state index < -0.39 is 0 Å². The minimum absolute atomic E-state index is 0.796. The molecule has 2 fully saturated rings. The quantitative estimate of drug-likeness (QED) is 0.778. The highest BCUT2D eigenvalue weighted by atomic mass is 15.1. The first-order chi connectivity index (χ1) is 9.83. The molecular formula is C18H28N2. The predicted octanol–water partition coefficient (Wildman–Crippen LogP) is 3.56. The third-order valence-electron chi connectivity index (χ3n) is 4.76. The van der Waals surface area contributed by atoms with Gasteiger partial charge in [0, 0.05) is 25.7 Å². The number of hydrogen-bond donors (Lipinski definition) is 1. The van der Waals surface area contributed by atoms with Crippen LogP contribution in [-0.4, -0.2) is 24.0 Å². The van der Waals surface area contributed by atoms with Gasteiger partial charge in [-0.15, -0.1) is 0 Å². The summed E-state index contributed by atoms with van der Waals surface area (Å²) in [6.07, 6.45) is 7.07. The van der Waals surface area contributed by atoms with Crippen LogP contribution in [0.4, 0.5) is 0 Å². The Hall–Kier alpha value is -0.860. The van der Waals surface area contributed by atoms with Gasteiger partial charge in [-0.05, 0) is 49.3 Å². The van der Waals surface area contributed by atoms with Crippen LogP contribution in [0, 0.1) is 5.92 Å². The van der Waals surface area contributed by atoms with E-state index in [1.165, 1.54) is 56.3 Å². The van der Waals surface area contributed by atoms with E-state index in [4.69, 9.17) is 0 Å². The van der Waals surface area contributed by atoms with Gasteiger partial charge in [-0.3, -0.25) is 4.90 Å². The zero-order chi connectivity index (χ0) is 13.8. The summed E-state index contributed by atoms with van der Waals surface area (Å²) in [7, 11) is 0. The molecule has 2 heteroatoms. The number of hydrogen-bond acceptors (Lipinski definition) is 2. The second-order valence-electron chi connectivity index (χ2n) is 6.60. The maximum Gasteiger partial charge on any atom is 0.0233 e. The average molecular weight is 272 g/mol. The van der Waals surface area contributed by atoms with Gasteiger partial charge in [0.25, 0.3) is 0 Å². The van der Waals surface area contributed by atoms with Gasteiger partial charge in [0.2, 0.25) is 0 Å². The Morgan fingerprint density at radius 2 is 1.95 bits per heavy atom. The molecule has 1 aromatic rings. The van der Waals surface area contributed by atoms with E-state index in [-0.39, 0.29) is 0 Å². The Labute approximate surface area is 123 Å². The summed E-state index contributed by atoms with van der Waals surface area (Å²) in [5, 5.41) is 3.60. The van der Waals surface area contributed by atoms with Crippen molar-refractivity contribution in [3.63, 3.8) is 0 Å². The van der Waals surface area contributed by atoms with Crippen LogP contribution in [0.25, 0.3) is 0 Å². The second kappa shape index (κ2) is 6.73. The second-order valence-corrected chi connectivity index (χ2v) is 6.60. The Morgan fingerprint density at radius 1 is 1.15 bits per heavy atom. The van der Waals surface area contributed by atoms with Gasteiger partial charge in [0.15, 0.2) is 0 Å². The molecule has 1 N–H and O–H groups in total. The molecular weight excluding hydrogens is 244 g/mol. The summed E-state index contributed by atoms with van der Waals surface area (Å²) in [4.78, 5) is 2.61. The lowest BCUT2D eigenvalue weighted by Crippen LogP contribution is -2.32. The number of nitrogens with zero attached hydrogens (tertiary/aromatic N) is 1. The minimum Gasteiger partial charge on any atom is -0.310 e. The lowest BCUT2D eigenvalue weighted by atomic mass is 9.85. The maximum atomic E-state index is 3.60.